The summed E-state index contributed by atoms with van der Waals surface area (Å²) in [5.41, 5.74) is 4.04. The van der Waals surface area contributed by atoms with Crippen molar-refractivity contribution in [1.29, 1.82) is 0 Å². The van der Waals surface area contributed by atoms with E-state index in [2.05, 4.69) is 36.4 Å². The van der Waals surface area contributed by atoms with E-state index in [1.165, 1.54) is 11.1 Å². The summed E-state index contributed by atoms with van der Waals surface area (Å²) in [5.74, 6) is -1.03. The average Bonchev–Trinajstić information content (AvgIpc) is 3.17. The van der Waals surface area contributed by atoms with Crippen LogP contribution in [0.1, 0.15) is 53.9 Å². The molecule has 27 heavy (non-hydrogen) atoms. The molecule has 1 spiro atoms. The highest BCUT2D eigenvalue weighted by atomic mass is 16.6. The molecule has 0 amide bonds. The zero-order valence-electron chi connectivity index (χ0n) is 15.1. The molecule has 2 aromatic rings. The molecule has 0 saturated carbocycles. The average molecular weight is 360 g/mol. The monoisotopic (exact) mass is 360 g/mol. The first-order valence-corrected chi connectivity index (χ1v) is 9.76. The van der Waals surface area contributed by atoms with Crippen LogP contribution in [0.4, 0.5) is 0 Å². The van der Waals surface area contributed by atoms with Crippen molar-refractivity contribution in [3.8, 4) is 0 Å². The van der Waals surface area contributed by atoms with Crippen molar-refractivity contribution in [2.24, 2.45) is 11.3 Å². The largest absolute Gasteiger partial charge is 0.458 e. The second kappa shape index (κ2) is 5.00. The Bertz CT molecular complexity index is 948. The third-order valence-electron chi connectivity index (χ3n) is 7.22. The van der Waals surface area contributed by atoms with Gasteiger partial charge in [0, 0.05) is 11.8 Å². The van der Waals surface area contributed by atoms with Gasteiger partial charge in [-0.05, 0) is 35.1 Å². The molecule has 0 N–H and O–H groups in total. The predicted molar refractivity (Wildman–Crippen MR) is 97.2 cm³/mol. The number of hydrogen-bond acceptors (Lipinski definition) is 4. The SMILES string of the molecule is CC[C@H]1OC(=O)[C@@H]2[C@H]1OC(=O)[C@@]21CC2c3ccccc3C1c1ccccc12. The van der Waals surface area contributed by atoms with Gasteiger partial charge in [0.05, 0.1) is 5.41 Å². The Kier molecular flexibility index (Phi) is 2.86. The number of hydrogen-bond donors (Lipinski definition) is 0. The molecule has 136 valence electrons. The van der Waals surface area contributed by atoms with Crippen LogP contribution in [0.25, 0.3) is 0 Å². The van der Waals surface area contributed by atoms with Gasteiger partial charge in [0.15, 0.2) is 6.10 Å². The number of ether oxygens (including phenoxy) is 2. The van der Waals surface area contributed by atoms with Crippen LogP contribution in [0.3, 0.4) is 0 Å². The first-order valence-electron chi connectivity index (χ1n) is 9.76. The highest BCUT2D eigenvalue weighted by Gasteiger charge is 2.72. The molecule has 2 fully saturated rings. The number of benzene rings is 2. The van der Waals surface area contributed by atoms with Crippen molar-refractivity contribution in [2.45, 2.75) is 43.8 Å². The minimum absolute atomic E-state index is 0.113. The predicted octanol–water partition coefficient (Wildman–Crippen LogP) is 3.53. The molecule has 2 saturated heterocycles. The van der Waals surface area contributed by atoms with Crippen LogP contribution in [0, 0.1) is 11.3 Å². The van der Waals surface area contributed by atoms with E-state index in [0.29, 0.717) is 12.8 Å². The van der Waals surface area contributed by atoms with Crippen molar-refractivity contribution in [2.75, 3.05) is 0 Å². The van der Waals surface area contributed by atoms with E-state index >= 15 is 0 Å². The molecule has 4 atom stereocenters. The second-order valence-electron chi connectivity index (χ2n) is 8.22. The third kappa shape index (κ3) is 1.65. The van der Waals surface area contributed by atoms with Crippen LogP contribution in [0.5, 0.6) is 0 Å². The van der Waals surface area contributed by atoms with Gasteiger partial charge in [-0.2, -0.15) is 0 Å². The maximum atomic E-state index is 13.4. The van der Waals surface area contributed by atoms with Gasteiger partial charge in [-0.1, -0.05) is 55.5 Å². The number of cyclic esters (lactones) is 1. The topological polar surface area (TPSA) is 52.6 Å². The summed E-state index contributed by atoms with van der Waals surface area (Å²) in [6.45, 7) is 1.97. The smallest absolute Gasteiger partial charge is 0.314 e. The fourth-order valence-corrected chi connectivity index (χ4v) is 6.22. The maximum Gasteiger partial charge on any atom is 0.314 e. The molecule has 0 unspecified atom stereocenters. The Morgan fingerprint density at radius 1 is 0.926 bits per heavy atom. The van der Waals surface area contributed by atoms with Crippen molar-refractivity contribution in [3.05, 3.63) is 70.8 Å². The summed E-state index contributed by atoms with van der Waals surface area (Å²) >= 11 is 0. The second-order valence-corrected chi connectivity index (χ2v) is 8.22. The molecule has 4 nitrogen and oxygen atoms in total. The lowest BCUT2D eigenvalue weighted by Gasteiger charge is -2.50. The Morgan fingerprint density at radius 3 is 2.11 bits per heavy atom. The van der Waals surface area contributed by atoms with Crippen molar-refractivity contribution in [1.82, 2.24) is 0 Å². The standard InChI is InChI=1S/C23H20O4/c1-2-17-20-19(21(24)26-17)23(22(25)27-20)11-16-12-7-3-5-9-14(12)18(23)15-10-6-4-8-13(15)16/h3-10,16-20H,2,11H2,1H3/t16?,17-,18?,19+,20+,23-/m1/s1. The fraction of sp³-hybridized carbons (Fsp3) is 0.391. The van der Waals surface area contributed by atoms with Crippen LogP contribution in [-0.2, 0) is 19.1 Å². The first kappa shape index (κ1) is 15.4. The summed E-state index contributed by atoms with van der Waals surface area (Å²) in [5, 5.41) is 0. The van der Waals surface area contributed by atoms with Gasteiger partial charge in [0.1, 0.15) is 12.0 Å². The highest BCUT2D eigenvalue weighted by Crippen LogP contribution is 2.67. The number of rotatable bonds is 1. The van der Waals surface area contributed by atoms with Gasteiger partial charge in [-0.15, -0.1) is 0 Å². The number of carbonyl (C=O) groups excluding carboxylic acids is 2. The molecular formula is C23H20O4. The van der Waals surface area contributed by atoms with Crippen LogP contribution in [-0.4, -0.2) is 24.1 Å². The zero-order valence-corrected chi connectivity index (χ0v) is 15.1. The summed E-state index contributed by atoms with van der Waals surface area (Å²) in [6.07, 6.45) is 0.514. The quantitative estimate of drug-likeness (QED) is 0.730. The third-order valence-corrected chi connectivity index (χ3v) is 7.22. The number of carbonyl (C=O) groups is 2. The Hall–Kier alpha value is -2.62. The van der Waals surface area contributed by atoms with Crippen molar-refractivity contribution < 1.29 is 19.1 Å². The summed E-state index contributed by atoms with van der Waals surface area (Å²) in [7, 11) is 0. The van der Waals surface area contributed by atoms with Gasteiger partial charge in [-0.25, -0.2) is 0 Å². The lowest BCUT2D eigenvalue weighted by atomic mass is 9.48. The van der Waals surface area contributed by atoms with Crippen LogP contribution < -0.4 is 0 Å². The fourth-order valence-electron chi connectivity index (χ4n) is 6.22. The number of fused-ring (bicyclic) bond motifs is 1. The van der Waals surface area contributed by atoms with Crippen LogP contribution >= 0.6 is 0 Å². The molecule has 2 aliphatic heterocycles. The van der Waals surface area contributed by atoms with E-state index in [-0.39, 0.29) is 29.9 Å². The zero-order chi connectivity index (χ0) is 18.3. The first-order chi connectivity index (χ1) is 13.2. The summed E-state index contributed by atoms with van der Waals surface area (Å²) in [6, 6.07) is 16.7. The van der Waals surface area contributed by atoms with Crippen LogP contribution in [0.15, 0.2) is 48.5 Å². The highest BCUT2D eigenvalue weighted by molar-refractivity contribution is 5.93. The molecule has 2 bridgehead atoms. The lowest BCUT2D eigenvalue weighted by molar-refractivity contribution is -0.162. The van der Waals surface area contributed by atoms with E-state index in [0.717, 1.165) is 11.1 Å². The molecule has 5 aliphatic rings. The molecular weight excluding hydrogens is 340 g/mol. The van der Waals surface area contributed by atoms with Crippen molar-refractivity contribution in [3.63, 3.8) is 0 Å². The van der Waals surface area contributed by atoms with Crippen molar-refractivity contribution >= 4 is 11.9 Å². The van der Waals surface area contributed by atoms with Gasteiger partial charge >= 0.3 is 11.9 Å². The van der Waals surface area contributed by atoms with E-state index in [9.17, 15) is 9.59 Å². The molecule has 4 heteroatoms. The van der Waals surface area contributed by atoms with Gasteiger partial charge in [-0.3, -0.25) is 9.59 Å². The van der Waals surface area contributed by atoms with Gasteiger partial charge in [0.25, 0.3) is 0 Å². The lowest BCUT2D eigenvalue weighted by Crippen LogP contribution is -2.50. The minimum atomic E-state index is -0.848. The van der Waals surface area contributed by atoms with E-state index < -0.39 is 17.4 Å². The van der Waals surface area contributed by atoms with Gasteiger partial charge < -0.3 is 9.47 Å². The van der Waals surface area contributed by atoms with E-state index in [1.54, 1.807) is 0 Å². The normalized spacial score (nSPS) is 37.6. The Morgan fingerprint density at radius 2 is 1.52 bits per heavy atom. The Balaban J connectivity index is 1.62. The molecule has 3 aliphatic carbocycles. The maximum absolute atomic E-state index is 13.4. The molecule has 7 rings (SSSR count). The molecule has 2 aromatic carbocycles. The number of esters is 2. The van der Waals surface area contributed by atoms with E-state index in [1.807, 2.05) is 19.1 Å². The van der Waals surface area contributed by atoms with Crippen LogP contribution in [0.2, 0.25) is 0 Å². The summed E-state index contributed by atoms with van der Waals surface area (Å²) < 4.78 is 11.5. The molecule has 2 heterocycles. The van der Waals surface area contributed by atoms with E-state index in [4.69, 9.17) is 9.47 Å². The molecule has 0 radical (unpaired) electrons. The summed E-state index contributed by atoms with van der Waals surface area (Å²) in [4.78, 5) is 26.2. The Labute approximate surface area is 157 Å². The minimum Gasteiger partial charge on any atom is -0.458 e. The molecule has 0 aromatic heterocycles. The van der Waals surface area contributed by atoms with Gasteiger partial charge in [0.2, 0.25) is 0 Å².